The molecule has 3 nitrogen and oxygen atoms in total. The van der Waals surface area contributed by atoms with Crippen LogP contribution >= 0.6 is 0 Å². The molecular formula is C21H15N3. The van der Waals surface area contributed by atoms with Crippen LogP contribution in [0.2, 0.25) is 0 Å². The fourth-order valence-electron chi connectivity index (χ4n) is 3.00. The van der Waals surface area contributed by atoms with Crippen molar-refractivity contribution in [1.82, 2.24) is 9.55 Å². The first kappa shape index (κ1) is 14.2. The van der Waals surface area contributed by atoms with Gasteiger partial charge in [-0.1, -0.05) is 54.6 Å². The summed E-state index contributed by atoms with van der Waals surface area (Å²) in [5, 5.41) is 11.9. The number of hydrogen-bond acceptors (Lipinski definition) is 2. The van der Waals surface area contributed by atoms with Gasteiger partial charge in [0.25, 0.3) is 0 Å². The SMILES string of the molecule is N#C/C(=C\c1cccc2ccccc12)Cn1cnc2ccccc21. The predicted octanol–water partition coefficient (Wildman–Crippen LogP) is 4.80. The van der Waals surface area contributed by atoms with Gasteiger partial charge in [0.2, 0.25) is 0 Å². The zero-order valence-corrected chi connectivity index (χ0v) is 13.1. The Hall–Kier alpha value is -3.38. The molecular weight excluding hydrogens is 294 g/mol. The Kier molecular flexibility index (Phi) is 3.57. The molecule has 0 N–H and O–H groups in total. The van der Waals surface area contributed by atoms with Crippen LogP contribution in [0.5, 0.6) is 0 Å². The third-order valence-corrected chi connectivity index (χ3v) is 4.16. The molecule has 0 aliphatic rings. The molecule has 0 spiro atoms. The lowest BCUT2D eigenvalue weighted by Gasteiger charge is -2.05. The molecule has 0 unspecified atom stereocenters. The second-order valence-electron chi connectivity index (χ2n) is 5.71. The molecule has 114 valence electrons. The Morgan fingerprint density at radius 3 is 2.71 bits per heavy atom. The predicted molar refractivity (Wildman–Crippen MR) is 97.3 cm³/mol. The molecule has 0 amide bonds. The molecule has 0 saturated carbocycles. The summed E-state index contributed by atoms with van der Waals surface area (Å²) >= 11 is 0. The zero-order valence-electron chi connectivity index (χ0n) is 13.1. The molecule has 0 atom stereocenters. The number of para-hydroxylation sites is 2. The number of rotatable bonds is 3. The van der Waals surface area contributed by atoms with Crippen molar-refractivity contribution in [1.29, 1.82) is 5.26 Å². The molecule has 4 rings (SSSR count). The van der Waals surface area contributed by atoms with E-state index in [9.17, 15) is 5.26 Å². The van der Waals surface area contributed by atoms with Gasteiger partial charge in [0.05, 0.1) is 30.0 Å². The van der Waals surface area contributed by atoms with Crippen LogP contribution in [-0.4, -0.2) is 9.55 Å². The van der Waals surface area contributed by atoms with Crippen molar-refractivity contribution >= 4 is 27.9 Å². The molecule has 1 aromatic heterocycles. The van der Waals surface area contributed by atoms with E-state index in [2.05, 4.69) is 29.3 Å². The van der Waals surface area contributed by atoms with Crippen molar-refractivity contribution in [3.8, 4) is 6.07 Å². The van der Waals surface area contributed by atoms with Crippen molar-refractivity contribution in [3.63, 3.8) is 0 Å². The van der Waals surface area contributed by atoms with E-state index in [-0.39, 0.29) is 0 Å². The number of nitriles is 1. The van der Waals surface area contributed by atoms with E-state index < -0.39 is 0 Å². The molecule has 3 aromatic carbocycles. The van der Waals surface area contributed by atoms with Crippen LogP contribution in [0.15, 0.2) is 78.6 Å². The van der Waals surface area contributed by atoms with Gasteiger partial charge in [-0.3, -0.25) is 0 Å². The van der Waals surface area contributed by atoms with E-state index in [1.165, 1.54) is 5.39 Å². The average molecular weight is 309 g/mol. The molecule has 0 bridgehead atoms. The first-order valence-electron chi connectivity index (χ1n) is 7.83. The van der Waals surface area contributed by atoms with E-state index in [0.717, 1.165) is 22.0 Å². The summed E-state index contributed by atoms with van der Waals surface area (Å²) in [6.45, 7) is 0.514. The van der Waals surface area contributed by atoms with Crippen molar-refractivity contribution < 1.29 is 0 Å². The number of imidazole rings is 1. The van der Waals surface area contributed by atoms with Crippen molar-refractivity contribution in [2.24, 2.45) is 0 Å². The monoisotopic (exact) mass is 309 g/mol. The molecule has 0 saturated heterocycles. The average Bonchev–Trinajstić information content (AvgIpc) is 3.04. The van der Waals surface area contributed by atoms with Gasteiger partial charge >= 0.3 is 0 Å². The van der Waals surface area contributed by atoms with Gasteiger partial charge in [-0.25, -0.2) is 4.98 Å². The van der Waals surface area contributed by atoms with Crippen molar-refractivity contribution in [3.05, 3.63) is 84.2 Å². The summed E-state index contributed by atoms with van der Waals surface area (Å²) in [6.07, 6.45) is 3.76. The fraction of sp³-hybridized carbons (Fsp3) is 0.0476. The number of aromatic nitrogens is 2. The topological polar surface area (TPSA) is 41.6 Å². The number of fused-ring (bicyclic) bond motifs is 2. The van der Waals surface area contributed by atoms with E-state index in [4.69, 9.17) is 0 Å². The van der Waals surface area contributed by atoms with Gasteiger partial charge in [-0.05, 0) is 34.5 Å². The lowest BCUT2D eigenvalue weighted by Crippen LogP contribution is -1.98. The number of nitrogens with zero attached hydrogens (tertiary/aromatic N) is 3. The van der Waals surface area contributed by atoms with Gasteiger partial charge in [-0.15, -0.1) is 0 Å². The summed E-state index contributed by atoms with van der Waals surface area (Å²) < 4.78 is 2.01. The Bertz CT molecular complexity index is 1090. The standard InChI is InChI=1S/C21H15N3/c22-13-16(14-24-15-23-20-10-3-4-11-21(20)24)12-18-8-5-7-17-6-1-2-9-19(17)18/h1-12,15H,14H2/b16-12+. The highest BCUT2D eigenvalue weighted by Gasteiger charge is 2.05. The Morgan fingerprint density at radius 2 is 1.79 bits per heavy atom. The van der Waals surface area contributed by atoms with E-state index >= 15 is 0 Å². The van der Waals surface area contributed by atoms with Crippen LogP contribution in [0.25, 0.3) is 27.9 Å². The van der Waals surface area contributed by atoms with Crippen molar-refractivity contribution in [2.45, 2.75) is 6.54 Å². The van der Waals surface area contributed by atoms with Gasteiger partial charge < -0.3 is 4.57 Å². The minimum atomic E-state index is 0.514. The van der Waals surface area contributed by atoms with Gasteiger partial charge in [-0.2, -0.15) is 5.26 Å². The molecule has 24 heavy (non-hydrogen) atoms. The summed E-state index contributed by atoms with van der Waals surface area (Å²) in [5.41, 5.74) is 3.75. The first-order chi connectivity index (χ1) is 11.8. The Labute approximate surface area is 140 Å². The van der Waals surface area contributed by atoms with E-state index in [1.807, 2.05) is 59.2 Å². The maximum Gasteiger partial charge on any atom is 0.0966 e. The maximum absolute atomic E-state index is 9.58. The van der Waals surface area contributed by atoms with E-state index in [0.29, 0.717) is 12.1 Å². The van der Waals surface area contributed by atoms with Crippen LogP contribution in [-0.2, 0) is 6.54 Å². The number of hydrogen-bond donors (Lipinski definition) is 0. The summed E-state index contributed by atoms with van der Waals surface area (Å²) in [7, 11) is 0. The molecule has 3 heteroatoms. The number of benzene rings is 3. The third kappa shape index (κ3) is 2.55. The largest absolute Gasteiger partial charge is 0.325 e. The van der Waals surface area contributed by atoms with Crippen LogP contribution in [0.4, 0.5) is 0 Å². The minimum absolute atomic E-state index is 0.514. The second-order valence-corrected chi connectivity index (χ2v) is 5.71. The molecule has 4 aromatic rings. The smallest absolute Gasteiger partial charge is 0.0966 e. The first-order valence-corrected chi connectivity index (χ1v) is 7.83. The van der Waals surface area contributed by atoms with Crippen molar-refractivity contribution in [2.75, 3.05) is 0 Å². The van der Waals surface area contributed by atoms with Crippen LogP contribution in [0.1, 0.15) is 5.56 Å². The van der Waals surface area contributed by atoms with Gasteiger partial charge in [0, 0.05) is 5.57 Å². The zero-order chi connectivity index (χ0) is 16.4. The van der Waals surface area contributed by atoms with Gasteiger partial charge in [0.15, 0.2) is 0 Å². The Balaban J connectivity index is 1.75. The molecule has 1 heterocycles. The lowest BCUT2D eigenvalue weighted by molar-refractivity contribution is 0.830. The minimum Gasteiger partial charge on any atom is -0.325 e. The Morgan fingerprint density at radius 1 is 1.00 bits per heavy atom. The molecule has 0 radical (unpaired) electrons. The molecule has 0 fully saturated rings. The highest BCUT2D eigenvalue weighted by molar-refractivity contribution is 5.91. The normalized spacial score (nSPS) is 11.7. The van der Waals surface area contributed by atoms with Crippen LogP contribution in [0, 0.1) is 11.3 Å². The third-order valence-electron chi connectivity index (χ3n) is 4.16. The lowest BCUT2D eigenvalue weighted by atomic mass is 10.0. The summed E-state index contributed by atoms with van der Waals surface area (Å²) in [4.78, 5) is 4.39. The van der Waals surface area contributed by atoms with Gasteiger partial charge in [0.1, 0.15) is 0 Å². The summed E-state index contributed by atoms with van der Waals surface area (Å²) in [5.74, 6) is 0. The van der Waals surface area contributed by atoms with Crippen LogP contribution in [0.3, 0.4) is 0 Å². The fourth-order valence-corrected chi connectivity index (χ4v) is 3.00. The highest BCUT2D eigenvalue weighted by atomic mass is 15.0. The quantitative estimate of drug-likeness (QED) is 0.510. The molecule has 0 aliphatic heterocycles. The number of allylic oxidation sites excluding steroid dienone is 1. The van der Waals surface area contributed by atoms with Crippen LogP contribution < -0.4 is 0 Å². The molecule has 0 aliphatic carbocycles. The summed E-state index contributed by atoms with van der Waals surface area (Å²) in [6, 6.07) is 24.7. The van der Waals surface area contributed by atoms with E-state index in [1.54, 1.807) is 6.33 Å². The second kappa shape index (κ2) is 6.02. The maximum atomic E-state index is 9.58. The highest BCUT2D eigenvalue weighted by Crippen LogP contribution is 2.22.